The maximum atomic E-state index is 13.5. The lowest BCUT2D eigenvalue weighted by Crippen LogP contribution is -2.39. The van der Waals surface area contributed by atoms with Gasteiger partial charge in [0.2, 0.25) is 0 Å². The van der Waals surface area contributed by atoms with E-state index in [0.29, 0.717) is 24.0 Å². The van der Waals surface area contributed by atoms with Crippen molar-refractivity contribution in [2.24, 2.45) is 17.3 Å². The second-order valence-corrected chi connectivity index (χ2v) is 7.09. The van der Waals surface area contributed by atoms with Gasteiger partial charge in [0.15, 0.2) is 0 Å². The lowest BCUT2D eigenvalue weighted by Gasteiger charge is -2.48. The smallest absolute Gasteiger partial charge is 0.142 e. The summed E-state index contributed by atoms with van der Waals surface area (Å²) in [6.07, 6.45) is 14.7. The van der Waals surface area contributed by atoms with Crippen LogP contribution in [0, 0.1) is 17.3 Å². The molecule has 3 unspecified atom stereocenters. The molecule has 3 aliphatic carbocycles. The molecule has 0 radical (unpaired) electrons. The number of alkyl halides is 1. The minimum Gasteiger partial charge on any atom is -0.299 e. The molecule has 4 atom stereocenters. The molecule has 0 aromatic heterocycles. The molecule has 0 amide bonds. The van der Waals surface area contributed by atoms with Crippen LogP contribution >= 0.6 is 0 Å². The molecule has 2 fully saturated rings. The molecule has 0 N–H and O–H groups in total. The van der Waals surface area contributed by atoms with Crippen LogP contribution in [0.15, 0.2) is 37.5 Å². The molecule has 0 spiro atoms. The zero-order valence-corrected chi connectivity index (χ0v) is 16.7. The summed E-state index contributed by atoms with van der Waals surface area (Å²) in [5, 5.41) is 0. The summed E-state index contributed by atoms with van der Waals surface area (Å²) in [5.41, 5.74) is 2.09. The predicted molar refractivity (Wildman–Crippen MR) is 108 cm³/mol. The van der Waals surface area contributed by atoms with Crippen molar-refractivity contribution in [3.8, 4) is 0 Å². The first kappa shape index (κ1) is 23.8. The Hall–Kier alpha value is -1.18. The fraction of sp³-hybridized carbons (Fsp3) is 0.696. The van der Waals surface area contributed by atoms with Crippen molar-refractivity contribution in [3.05, 3.63) is 37.5 Å². The molecule has 25 heavy (non-hydrogen) atoms. The van der Waals surface area contributed by atoms with E-state index < -0.39 is 6.17 Å². The molecular weight excluding hydrogens is 311 g/mol. The Balaban J connectivity index is 0.000000625. The normalized spacial score (nSPS) is 32.8. The summed E-state index contributed by atoms with van der Waals surface area (Å²) in [4.78, 5) is 9.06. The summed E-state index contributed by atoms with van der Waals surface area (Å²) >= 11 is 0. The molecule has 3 rings (SSSR count). The van der Waals surface area contributed by atoms with Gasteiger partial charge in [0, 0.05) is 0 Å². The lowest BCUT2D eigenvalue weighted by atomic mass is 9.56. The second kappa shape index (κ2) is 13.1. The highest BCUT2D eigenvalue weighted by Gasteiger charge is 2.45. The van der Waals surface area contributed by atoms with Gasteiger partial charge >= 0.3 is 0 Å². The average molecular weight is 351 g/mol. The Morgan fingerprint density at radius 3 is 2.40 bits per heavy atom. The van der Waals surface area contributed by atoms with Crippen LogP contribution in [0.2, 0.25) is 0 Å². The number of carbonyl (C=O) groups is 1. The Kier molecular flexibility index (Phi) is 12.5. The van der Waals surface area contributed by atoms with Gasteiger partial charge < -0.3 is 0 Å². The highest BCUT2D eigenvalue weighted by molar-refractivity contribution is 5.63. The number of allylic oxidation sites excluding steroid dienone is 3. The third-order valence-corrected chi connectivity index (χ3v) is 5.84. The number of hydrogen-bond acceptors (Lipinski definition) is 1. The van der Waals surface area contributed by atoms with E-state index in [0.717, 1.165) is 12.3 Å². The Morgan fingerprint density at radius 2 is 1.80 bits per heavy atom. The van der Waals surface area contributed by atoms with Crippen molar-refractivity contribution in [1.82, 2.24) is 0 Å². The van der Waals surface area contributed by atoms with Crippen LogP contribution in [-0.4, -0.2) is 12.5 Å². The van der Waals surface area contributed by atoms with E-state index in [1.165, 1.54) is 51.0 Å². The number of rotatable bonds is 1. The highest BCUT2D eigenvalue weighted by atomic mass is 19.1. The maximum absolute atomic E-state index is 13.5. The van der Waals surface area contributed by atoms with Crippen molar-refractivity contribution < 1.29 is 9.18 Å². The van der Waals surface area contributed by atoms with Crippen molar-refractivity contribution in [2.75, 3.05) is 0 Å². The summed E-state index contributed by atoms with van der Waals surface area (Å²) in [6, 6.07) is 0. The minimum absolute atomic E-state index is 0.430. The van der Waals surface area contributed by atoms with E-state index in [1.807, 2.05) is 13.8 Å². The van der Waals surface area contributed by atoms with Gasteiger partial charge in [-0.05, 0) is 61.9 Å². The Morgan fingerprint density at radius 1 is 1.16 bits per heavy atom. The van der Waals surface area contributed by atoms with Crippen LogP contribution in [0.3, 0.4) is 0 Å². The fourth-order valence-corrected chi connectivity index (χ4v) is 4.75. The number of halogens is 1. The highest BCUT2D eigenvalue weighted by Crippen LogP contribution is 2.56. The molecular formula is C23H39FO. The fourth-order valence-electron chi connectivity index (χ4n) is 4.75. The van der Waals surface area contributed by atoms with Gasteiger partial charge in [-0.25, -0.2) is 4.39 Å². The quantitative estimate of drug-likeness (QED) is 0.277. The maximum Gasteiger partial charge on any atom is 0.142 e. The zero-order valence-electron chi connectivity index (χ0n) is 16.7. The third-order valence-electron chi connectivity index (χ3n) is 5.84. The van der Waals surface area contributed by atoms with Crippen LogP contribution in [0.25, 0.3) is 0 Å². The van der Waals surface area contributed by atoms with Gasteiger partial charge in [-0.1, -0.05) is 58.3 Å². The molecule has 0 saturated heterocycles. The molecule has 0 bridgehead atoms. The predicted octanol–water partition coefficient (Wildman–Crippen LogP) is 7.24. The first-order chi connectivity index (χ1) is 12.1. The van der Waals surface area contributed by atoms with E-state index in [-0.39, 0.29) is 0 Å². The van der Waals surface area contributed by atoms with Gasteiger partial charge in [-0.15, -0.1) is 13.2 Å². The van der Waals surface area contributed by atoms with Crippen LogP contribution in [-0.2, 0) is 4.79 Å². The second-order valence-electron chi connectivity index (χ2n) is 7.09. The Labute approximate surface area is 155 Å². The minimum atomic E-state index is -0.560. The van der Waals surface area contributed by atoms with Crippen molar-refractivity contribution in [1.29, 1.82) is 0 Å². The first-order valence-electron chi connectivity index (χ1n) is 10.0. The summed E-state index contributed by atoms with van der Waals surface area (Å²) in [6.45, 7) is 15.6. The Bertz CT molecular complexity index is 408. The number of carbonyl (C=O) groups excluding carboxylic acids is 1. The number of fused-ring (bicyclic) bond motifs is 3. The van der Waals surface area contributed by atoms with Crippen molar-refractivity contribution >= 4 is 6.29 Å². The molecule has 1 nitrogen and oxygen atoms in total. The third kappa shape index (κ3) is 6.56. The summed E-state index contributed by atoms with van der Waals surface area (Å²) in [7, 11) is 0. The van der Waals surface area contributed by atoms with E-state index in [9.17, 15) is 4.39 Å². The van der Waals surface area contributed by atoms with Gasteiger partial charge in [-0.2, -0.15) is 0 Å². The van der Waals surface area contributed by atoms with Crippen LogP contribution in [0.5, 0.6) is 0 Å². The largest absolute Gasteiger partial charge is 0.299 e. The molecule has 2 heteroatoms. The summed E-state index contributed by atoms with van der Waals surface area (Å²) < 4.78 is 13.5. The molecule has 0 aliphatic heterocycles. The standard InChI is InChI=1S/C16H25F.C3H4O.C2H6.C2H4/c1-16-10-4-2-3-5-13(16)7-6-12-11-14(17)8-9-15(12)16;1-2-3-4;2*1-2/h9,12-14H,2-8,10-11H2,1H3;2-3H,1H2;1-2H3;1-2H2/t12?,13?,14?,16-;;;/m1.../s1. The average Bonchev–Trinajstić information content (AvgIpc) is 2.86. The molecule has 144 valence electrons. The van der Waals surface area contributed by atoms with E-state index in [1.54, 1.807) is 5.57 Å². The number of aldehydes is 1. The molecule has 3 aliphatic rings. The van der Waals surface area contributed by atoms with E-state index >= 15 is 0 Å². The number of hydrogen-bond donors (Lipinski definition) is 0. The molecule has 2 saturated carbocycles. The monoisotopic (exact) mass is 350 g/mol. The van der Waals surface area contributed by atoms with Gasteiger partial charge in [-0.3, -0.25) is 4.79 Å². The van der Waals surface area contributed by atoms with Crippen LogP contribution in [0.1, 0.15) is 78.6 Å². The van der Waals surface area contributed by atoms with E-state index in [4.69, 9.17) is 4.79 Å². The molecule has 0 aromatic rings. The van der Waals surface area contributed by atoms with Crippen LogP contribution in [0.4, 0.5) is 4.39 Å². The van der Waals surface area contributed by atoms with Gasteiger partial charge in [0.1, 0.15) is 12.5 Å². The first-order valence-corrected chi connectivity index (χ1v) is 10.0. The van der Waals surface area contributed by atoms with Crippen molar-refractivity contribution in [2.45, 2.75) is 84.7 Å². The summed E-state index contributed by atoms with van der Waals surface area (Å²) in [5.74, 6) is 1.47. The topological polar surface area (TPSA) is 17.1 Å². The lowest BCUT2D eigenvalue weighted by molar-refractivity contribution is -0.104. The van der Waals surface area contributed by atoms with Crippen LogP contribution < -0.4 is 0 Å². The molecule has 0 aromatic carbocycles. The van der Waals surface area contributed by atoms with E-state index in [2.05, 4.69) is 32.7 Å². The SMILES string of the molecule is C=C.C=CC=O.CC.C[C@@]12CCCCCC1CCC1CC(F)CC=C12. The van der Waals surface area contributed by atoms with Gasteiger partial charge in [0.25, 0.3) is 0 Å². The van der Waals surface area contributed by atoms with Crippen molar-refractivity contribution in [3.63, 3.8) is 0 Å². The molecule has 0 heterocycles. The van der Waals surface area contributed by atoms with Gasteiger partial charge in [0.05, 0.1) is 0 Å². The zero-order chi connectivity index (χ0) is 19.3.